The first-order chi connectivity index (χ1) is 13.1. The van der Waals surface area contributed by atoms with E-state index in [1.54, 1.807) is 0 Å². The Morgan fingerprint density at radius 1 is 1.41 bits per heavy atom. The van der Waals surface area contributed by atoms with Gasteiger partial charge in [0.2, 0.25) is 0 Å². The molecule has 1 aromatic heterocycles. The van der Waals surface area contributed by atoms with Gasteiger partial charge in [-0.25, -0.2) is 0 Å². The molecule has 0 amide bonds. The van der Waals surface area contributed by atoms with Crippen molar-refractivity contribution in [3.63, 3.8) is 0 Å². The lowest BCUT2D eigenvalue weighted by molar-refractivity contribution is -0.183. The van der Waals surface area contributed by atoms with Crippen LogP contribution in [0.3, 0.4) is 0 Å². The van der Waals surface area contributed by atoms with E-state index in [-0.39, 0.29) is 30.6 Å². The van der Waals surface area contributed by atoms with Crippen LogP contribution in [0.1, 0.15) is 30.6 Å². The monoisotopic (exact) mass is 366 g/mol. The van der Waals surface area contributed by atoms with E-state index < -0.39 is 5.41 Å². The molecule has 5 atom stereocenters. The number of aliphatic hydroxyl groups excluding tert-OH is 1. The number of aryl methyl sites for hydroxylation is 1. The van der Waals surface area contributed by atoms with Crippen LogP contribution >= 0.6 is 0 Å². The van der Waals surface area contributed by atoms with E-state index in [4.69, 9.17) is 4.74 Å². The molecule has 3 unspecified atom stereocenters. The molecule has 2 aromatic rings. The average Bonchev–Trinajstić information content (AvgIpc) is 3.00. The van der Waals surface area contributed by atoms with E-state index in [1.165, 1.54) is 34.8 Å². The minimum Gasteiger partial charge on any atom is -0.468 e. The number of carbonyl (C=O) groups excluding carboxylic acids is 1. The van der Waals surface area contributed by atoms with Crippen LogP contribution in [0.15, 0.2) is 35.9 Å². The molecule has 0 saturated carbocycles. The Morgan fingerprint density at radius 2 is 2.19 bits per heavy atom. The number of fused-ring (bicyclic) bond motifs is 4. The molecule has 5 heterocycles. The Morgan fingerprint density at radius 3 is 2.89 bits per heavy atom. The molecule has 4 aliphatic heterocycles. The van der Waals surface area contributed by atoms with E-state index in [2.05, 4.69) is 46.9 Å². The maximum absolute atomic E-state index is 13.0. The van der Waals surface area contributed by atoms with E-state index in [0.717, 1.165) is 19.4 Å². The summed E-state index contributed by atoms with van der Waals surface area (Å²) in [5.41, 5.74) is 4.34. The van der Waals surface area contributed by atoms with Crippen molar-refractivity contribution in [2.45, 2.75) is 31.8 Å². The third-order valence-corrected chi connectivity index (χ3v) is 7.46. The highest BCUT2D eigenvalue weighted by atomic mass is 16.5. The fourth-order valence-corrected chi connectivity index (χ4v) is 6.27. The van der Waals surface area contributed by atoms with Crippen molar-refractivity contribution in [1.29, 1.82) is 0 Å². The summed E-state index contributed by atoms with van der Waals surface area (Å²) in [5.74, 6) is -0.239. The number of aromatic nitrogens is 1. The molecule has 3 saturated heterocycles. The van der Waals surface area contributed by atoms with Crippen molar-refractivity contribution in [2.75, 3.05) is 20.3 Å². The van der Waals surface area contributed by atoms with Crippen molar-refractivity contribution < 1.29 is 14.6 Å². The number of allylic oxidation sites excluding steroid dienone is 1. The number of hydrogen-bond acceptors (Lipinski definition) is 4. The molecular weight excluding hydrogens is 340 g/mol. The zero-order valence-electron chi connectivity index (χ0n) is 16.1. The average molecular weight is 366 g/mol. The minimum atomic E-state index is -0.875. The number of piperidine rings is 3. The summed E-state index contributed by atoms with van der Waals surface area (Å²) in [7, 11) is 3.59. The van der Waals surface area contributed by atoms with E-state index in [9.17, 15) is 9.90 Å². The number of rotatable bonds is 2. The highest BCUT2D eigenvalue weighted by molar-refractivity contribution is 5.87. The Hall–Kier alpha value is -2.11. The highest BCUT2D eigenvalue weighted by Gasteiger charge is 2.65. The van der Waals surface area contributed by atoms with Crippen molar-refractivity contribution in [2.24, 2.45) is 18.4 Å². The van der Waals surface area contributed by atoms with Gasteiger partial charge in [0.25, 0.3) is 0 Å². The maximum atomic E-state index is 13.0. The lowest BCUT2D eigenvalue weighted by atomic mass is 9.55. The van der Waals surface area contributed by atoms with Crippen molar-refractivity contribution >= 4 is 16.9 Å². The van der Waals surface area contributed by atoms with Crippen molar-refractivity contribution in [1.82, 2.24) is 9.47 Å². The zero-order chi connectivity index (χ0) is 18.9. The van der Waals surface area contributed by atoms with Gasteiger partial charge in [0.15, 0.2) is 0 Å². The smallest absolute Gasteiger partial charge is 0.316 e. The summed E-state index contributed by atoms with van der Waals surface area (Å²) in [4.78, 5) is 15.5. The second-order valence-corrected chi connectivity index (χ2v) is 8.19. The summed E-state index contributed by atoms with van der Waals surface area (Å²) < 4.78 is 7.58. The van der Waals surface area contributed by atoms with E-state index in [1.807, 2.05) is 6.92 Å². The molecule has 3 fully saturated rings. The molecule has 5 nitrogen and oxygen atoms in total. The first-order valence-electron chi connectivity index (χ1n) is 9.74. The van der Waals surface area contributed by atoms with Gasteiger partial charge in [0.05, 0.1) is 19.8 Å². The summed E-state index contributed by atoms with van der Waals surface area (Å²) in [5, 5.41) is 11.8. The van der Waals surface area contributed by atoms with Crippen LogP contribution in [0.5, 0.6) is 0 Å². The van der Waals surface area contributed by atoms with Crippen molar-refractivity contribution in [3.05, 3.63) is 47.2 Å². The summed E-state index contributed by atoms with van der Waals surface area (Å²) in [6, 6.07) is 8.77. The quantitative estimate of drug-likeness (QED) is 0.656. The molecule has 5 heteroatoms. The van der Waals surface area contributed by atoms with Gasteiger partial charge in [-0.2, -0.15) is 0 Å². The normalized spacial score (nSPS) is 35.5. The second kappa shape index (κ2) is 5.69. The Bertz CT molecular complexity index is 975. The molecule has 6 rings (SSSR count). The van der Waals surface area contributed by atoms with Gasteiger partial charge >= 0.3 is 5.97 Å². The largest absolute Gasteiger partial charge is 0.468 e. The van der Waals surface area contributed by atoms with Crippen LogP contribution in [0.2, 0.25) is 0 Å². The maximum Gasteiger partial charge on any atom is 0.316 e. The molecule has 0 spiro atoms. The zero-order valence-corrected chi connectivity index (χ0v) is 16.1. The topological polar surface area (TPSA) is 54.7 Å². The SMILES string of the molecule is C/C=C1/CN2C3C[C@H]1C(CO)(C(=O)OC)[C@H]2Cc1c3n(C)c2ccccc12. The molecule has 0 aliphatic carbocycles. The van der Waals surface area contributed by atoms with Gasteiger partial charge in [0, 0.05) is 42.1 Å². The molecule has 0 radical (unpaired) electrons. The fourth-order valence-electron chi connectivity index (χ4n) is 6.27. The lowest BCUT2D eigenvalue weighted by Crippen LogP contribution is -2.69. The van der Waals surface area contributed by atoms with Gasteiger partial charge in [-0.1, -0.05) is 29.8 Å². The van der Waals surface area contributed by atoms with Gasteiger partial charge in [-0.3, -0.25) is 9.69 Å². The second-order valence-electron chi connectivity index (χ2n) is 8.19. The number of para-hydroxylation sites is 1. The standard InChI is InChI=1S/C22H26N2O3/c1-4-13-11-24-18-10-16(13)22(12-25,21(26)27-3)19(24)9-15-14-7-5-6-8-17(14)23(2)20(15)18/h4-8,16,18-19,25H,9-12H2,1-3H3/b13-4-/t16-,18?,19-,22?/m1/s1. The predicted molar refractivity (Wildman–Crippen MR) is 103 cm³/mol. The summed E-state index contributed by atoms with van der Waals surface area (Å²) in [6.45, 7) is 2.74. The number of nitrogens with zero attached hydrogens (tertiary/aromatic N) is 2. The summed E-state index contributed by atoms with van der Waals surface area (Å²) in [6.07, 6.45) is 3.75. The number of aliphatic hydroxyl groups is 1. The molecule has 4 aliphatic rings. The number of esters is 1. The van der Waals surface area contributed by atoms with Crippen LogP contribution in [-0.4, -0.2) is 46.8 Å². The first-order valence-corrected chi connectivity index (χ1v) is 9.74. The number of hydrogen-bond donors (Lipinski definition) is 1. The Kier molecular flexibility index (Phi) is 3.59. The Balaban J connectivity index is 1.76. The lowest BCUT2D eigenvalue weighted by Gasteiger charge is -2.62. The molecule has 4 bridgehead atoms. The van der Waals surface area contributed by atoms with Crippen LogP contribution in [-0.2, 0) is 23.0 Å². The van der Waals surface area contributed by atoms with Gasteiger partial charge < -0.3 is 14.4 Å². The predicted octanol–water partition coefficient (Wildman–Crippen LogP) is 2.58. The van der Waals surface area contributed by atoms with Crippen LogP contribution in [0, 0.1) is 11.3 Å². The number of methoxy groups -OCH3 is 1. The fraction of sp³-hybridized carbons (Fsp3) is 0.500. The van der Waals surface area contributed by atoms with E-state index in [0.29, 0.717) is 0 Å². The van der Waals surface area contributed by atoms with Crippen LogP contribution in [0.25, 0.3) is 10.9 Å². The Labute approximate surface area is 159 Å². The molecule has 1 aromatic carbocycles. The van der Waals surface area contributed by atoms with E-state index >= 15 is 0 Å². The third kappa shape index (κ3) is 1.89. The number of carbonyl (C=O) groups is 1. The summed E-state index contributed by atoms with van der Waals surface area (Å²) >= 11 is 0. The van der Waals surface area contributed by atoms with Crippen LogP contribution < -0.4 is 0 Å². The molecule has 1 N–H and O–H groups in total. The highest BCUT2D eigenvalue weighted by Crippen LogP contribution is 2.60. The molecular formula is C22H26N2O3. The van der Waals surface area contributed by atoms with Crippen molar-refractivity contribution in [3.8, 4) is 0 Å². The van der Waals surface area contributed by atoms with Gasteiger partial charge in [-0.05, 0) is 31.4 Å². The minimum absolute atomic E-state index is 0.0271. The number of benzene rings is 1. The van der Waals surface area contributed by atoms with Gasteiger partial charge in [0.1, 0.15) is 5.41 Å². The first kappa shape index (κ1) is 17.0. The van der Waals surface area contributed by atoms with Gasteiger partial charge in [-0.15, -0.1) is 0 Å². The third-order valence-electron chi connectivity index (χ3n) is 7.46. The van der Waals surface area contributed by atoms with Crippen LogP contribution in [0.4, 0.5) is 0 Å². The number of ether oxygens (including phenoxy) is 1. The molecule has 142 valence electrons. The molecule has 27 heavy (non-hydrogen) atoms.